The number of carbonyl (C=O) groups excluding carboxylic acids is 2. The van der Waals surface area contributed by atoms with Gasteiger partial charge in [-0.1, -0.05) is 49.0 Å². The second-order valence-electron chi connectivity index (χ2n) is 11.8. The van der Waals surface area contributed by atoms with E-state index in [1.807, 2.05) is 58.1 Å². The molecule has 0 aromatic rings. The van der Waals surface area contributed by atoms with Gasteiger partial charge in [-0.25, -0.2) is 4.79 Å². The lowest BCUT2D eigenvalue weighted by Gasteiger charge is -2.52. The van der Waals surface area contributed by atoms with Gasteiger partial charge in [-0.3, -0.25) is 4.79 Å². The smallest absolute Gasteiger partial charge is 0.336 e. The summed E-state index contributed by atoms with van der Waals surface area (Å²) >= 11 is 0. The van der Waals surface area contributed by atoms with Gasteiger partial charge in [0.05, 0.1) is 36.4 Å². The van der Waals surface area contributed by atoms with Crippen LogP contribution in [0, 0.1) is 35.0 Å². The fraction of sp³-hybridized carbons (Fsp3) is 0.688. The van der Waals surface area contributed by atoms with Gasteiger partial charge in [0.1, 0.15) is 6.79 Å². The standard InChI is InChI=1S/C32H48O8/c1-20-11-7-10-14-26-21(2)17-25-27(16-15-23(18-33)28(25)34)32(26,4)31(36)40-22(3)12-8-9-13-24(30(35)38-6)29(20)39-19-37-5/h7,10-11,13-14,17,20,22-23,25-29,33-34H,8-9,12,15-16,18-19H2,1-6H3/b11-7+,14-10+,24-13-/t20-,22+,23+,25+,26-,27-,28+,29+,32-/m0/s1. The predicted octanol–water partition coefficient (Wildman–Crippen LogP) is 4.52. The maximum atomic E-state index is 14.0. The van der Waals surface area contributed by atoms with Gasteiger partial charge in [-0.05, 0) is 58.8 Å². The molecule has 0 spiro atoms. The summed E-state index contributed by atoms with van der Waals surface area (Å²) in [6.45, 7) is 7.83. The largest absolute Gasteiger partial charge is 0.466 e. The summed E-state index contributed by atoms with van der Waals surface area (Å²) in [6, 6.07) is 0. The highest BCUT2D eigenvalue weighted by Gasteiger charge is 2.56. The molecule has 1 fully saturated rings. The van der Waals surface area contributed by atoms with Gasteiger partial charge in [0.15, 0.2) is 0 Å². The molecule has 1 aliphatic heterocycles. The topological polar surface area (TPSA) is 112 Å². The number of carbonyl (C=O) groups is 2. The molecule has 0 unspecified atom stereocenters. The van der Waals surface area contributed by atoms with Crippen LogP contribution in [-0.2, 0) is 28.5 Å². The number of rotatable bonds is 5. The monoisotopic (exact) mass is 560 g/mol. The Morgan fingerprint density at radius 1 is 1.15 bits per heavy atom. The second kappa shape index (κ2) is 14.6. The molecule has 224 valence electrons. The molecule has 0 bridgehead atoms. The number of ether oxygens (including phenoxy) is 4. The lowest BCUT2D eigenvalue weighted by atomic mass is 9.52. The van der Waals surface area contributed by atoms with Crippen LogP contribution in [0.1, 0.15) is 59.8 Å². The lowest BCUT2D eigenvalue weighted by molar-refractivity contribution is -0.172. The summed E-state index contributed by atoms with van der Waals surface area (Å²) in [5, 5.41) is 20.9. The molecule has 0 radical (unpaired) electrons. The van der Waals surface area contributed by atoms with E-state index in [4.69, 9.17) is 18.9 Å². The van der Waals surface area contributed by atoms with Crippen LogP contribution in [0.25, 0.3) is 0 Å². The Bertz CT molecular complexity index is 997. The Labute approximate surface area is 239 Å². The molecule has 0 aromatic carbocycles. The maximum absolute atomic E-state index is 14.0. The molecule has 0 amide bonds. The van der Waals surface area contributed by atoms with Crippen molar-refractivity contribution >= 4 is 11.9 Å². The number of esters is 2. The van der Waals surface area contributed by atoms with Crippen molar-refractivity contribution in [2.24, 2.45) is 35.0 Å². The first-order valence-electron chi connectivity index (χ1n) is 14.5. The SMILES string of the molecule is COCO[C@H]1/C(C(=O)OC)=C/CCC[C@@H](C)OC(=O)[C@@]2(C)[C@@H](/C=C/C=C/[C@@H]1C)C(C)=C[C@H]1[C@H](O)[C@@H](CO)CC[C@@H]12. The van der Waals surface area contributed by atoms with E-state index in [9.17, 15) is 19.8 Å². The molecular weight excluding hydrogens is 512 g/mol. The average molecular weight is 561 g/mol. The Hall–Kier alpha value is -2.26. The highest BCUT2D eigenvalue weighted by atomic mass is 16.7. The van der Waals surface area contributed by atoms with Crippen molar-refractivity contribution in [2.75, 3.05) is 27.6 Å². The lowest BCUT2D eigenvalue weighted by Crippen LogP contribution is -2.55. The Morgan fingerprint density at radius 3 is 2.55 bits per heavy atom. The van der Waals surface area contributed by atoms with Crippen molar-refractivity contribution in [1.82, 2.24) is 0 Å². The van der Waals surface area contributed by atoms with E-state index < -0.39 is 23.6 Å². The van der Waals surface area contributed by atoms with Gasteiger partial charge in [0.2, 0.25) is 0 Å². The number of hydrogen-bond donors (Lipinski definition) is 2. The molecule has 3 aliphatic rings. The molecule has 8 heteroatoms. The molecule has 0 aromatic heterocycles. The first-order chi connectivity index (χ1) is 19.1. The fourth-order valence-corrected chi connectivity index (χ4v) is 6.81. The zero-order valence-electron chi connectivity index (χ0n) is 24.9. The number of aliphatic hydroxyl groups excluding tert-OH is 2. The third-order valence-electron chi connectivity index (χ3n) is 9.11. The van der Waals surface area contributed by atoms with Crippen LogP contribution >= 0.6 is 0 Å². The minimum absolute atomic E-state index is 0.0377. The number of hydrogen-bond acceptors (Lipinski definition) is 8. The summed E-state index contributed by atoms with van der Waals surface area (Å²) < 4.78 is 22.2. The molecule has 9 atom stereocenters. The number of methoxy groups -OCH3 is 2. The maximum Gasteiger partial charge on any atom is 0.336 e. The molecule has 0 saturated heterocycles. The first kappa shape index (κ1) is 32.3. The zero-order chi connectivity index (χ0) is 29.4. The van der Waals surface area contributed by atoms with E-state index in [1.54, 1.807) is 7.11 Å². The summed E-state index contributed by atoms with van der Waals surface area (Å²) in [5.41, 5.74) is 0.579. The highest BCUT2D eigenvalue weighted by molar-refractivity contribution is 5.89. The van der Waals surface area contributed by atoms with Gasteiger partial charge in [-0.2, -0.15) is 0 Å². The molecular formula is C32H48O8. The van der Waals surface area contributed by atoms with Crippen molar-refractivity contribution in [1.29, 1.82) is 0 Å². The number of aliphatic hydroxyl groups is 2. The molecule has 1 saturated carbocycles. The molecule has 3 rings (SSSR count). The van der Waals surface area contributed by atoms with Crippen molar-refractivity contribution in [3.05, 3.63) is 47.6 Å². The van der Waals surface area contributed by atoms with Crippen LogP contribution in [-0.4, -0.2) is 68.1 Å². The van der Waals surface area contributed by atoms with E-state index in [1.165, 1.54) is 7.11 Å². The third-order valence-corrected chi connectivity index (χ3v) is 9.11. The van der Waals surface area contributed by atoms with Gasteiger partial charge >= 0.3 is 11.9 Å². The first-order valence-corrected chi connectivity index (χ1v) is 14.5. The number of allylic oxidation sites excluding steroid dienone is 5. The quantitative estimate of drug-likeness (QED) is 0.287. The summed E-state index contributed by atoms with van der Waals surface area (Å²) in [5.74, 6) is -1.59. The van der Waals surface area contributed by atoms with Crippen LogP contribution < -0.4 is 0 Å². The van der Waals surface area contributed by atoms with Crippen molar-refractivity contribution in [3.63, 3.8) is 0 Å². The van der Waals surface area contributed by atoms with Crippen molar-refractivity contribution < 1.29 is 38.7 Å². The van der Waals surface area contributed by atoms with Crippen LogP contribution in [0.15, 0.2) is 47.6 Å². The summed E-state index contributed by atoms with van der Waals surface area (Å²) in [6.07, 6.45) is 13.6. The van der Waals surface area contributed by atoms with E-state index in [-0.39, 0.29) is 55.1 Å². The number of cyclic esters (lactones) is 1. The molecule has 8 nitrogen and oxygen atoms in total. The Morgan fingerprint density at radius 2 is 1.88 bits per heavy atom. The van der Waals surface area contributed by atoms with Crippen LogP contribution in [0.3, 0.4) is 0 Å². The van der Waals surface area contributed by atoms with Crippen molar-refractivity contribution in [3.8, 4) is 0 Å². The van der Waals surface area contributed by atoms with Gasteiger partial charge in [0.25, 0.3) is 0 Å². The van der Waals surface area contributed by atoms with Crippen LogP contribution in [0.5, 0.6) is 0 Å². The van der Waals surface area contributed by atoms with Gasteiger partial charge < -0.3 is 29.2 Å². The molecule has 2 N–H and O–H groups in total. The number of fused-ring (bicyclic) bond motifs is 3. The van der Waals surface area contributed by atoms with Gasteiger partial charge in [-0.15, -0.1) is 0 Å². The summed E-state index contributed by atoms with van der Waals surface area (Å²) in [4.78, 5) is 26.7. The van der Waals surface area contributed by atoms with E-state index in [0.29, 0.717) is 31.3 Å². The fourth-order valence-electron chi connectivity index (χ4n) is 6.81. The van der Waals surface area contributed by atoms with E-state index in [0.717, 1.165) is 12.0 Å². The minimum atomic E-state index is -0.867. The zero-order valence-corrected chi connectivity index (χ0v) is 24.9. The highest BCUT2D eigenvalue weighted by Crippen LogP contribution is 2.55. The minimum Gasteiger partial charge on any atom is -0.466 e. The van der Waals surface area contributed by atoms with E-state index in [2.05, 4.69) is 6.08 Å². The molecule has 2 aliphatic carbocycles. The molecule has 1 heterocycles. The Balaban J connectivity index is 2.02. The second-order valence-corrected chi connectivity index (χ2v) is 11.8. The average Bonchev–Trinajstić information content (AvgIpc) is 2.93. The van der Waals surface area contributed by atoms with Crippen LogP contribution in [0.4, 0.5) is 0 Å². The predicted molar refractivity (Wildman–Crippen MR) is 152 cm³/mol. The Kier molecular flexibility index (Phi) is 11.8. The van der Waals surface area contributed by atoms with E-state index >= 15 is 0 Å². The molecule has 40 heavy (non-hydrogen) atoms. The van der Waals surface area contributed by atoms with Crippen molar-refractivity contribution in [2.45, 2.75) is 78.1 Å². The third kappa shape index (κ3) is 6.96. The van der Waals surface area contributed by atoms with Crippen LogP contribution in [0.2, 0.25) is 0 Å². The summed E-state index contributed by atoms with van der Waals surface area (Å²) in [7, 11) is 2.90. The van der Waals surface area contributed by atoms with Gasteiger partial charge in [0, 0.05) is 37.4 Å². The normalized spacial score (nSPS) is 40.4.